The van der Waals surface area contributed by atoms with Gasteiger partial charge >= 0.3 is 0 Å². The molecule has 2 fully saturated rings. The first-order valence-corrected chi connectivity index (χ1v) is 11.7. The van der Waals surface area contributed by atoms with Gasteiger partial charge in [0.15, 0.2) is 0 Å². The third-order valence-electron chi connectivity index (χ3n) is 7.28. The molecule has 0 aliphatic heterocycles. The lowest BCUT2D eigenvalue weighted by molar-refractivity contribution is 0.148. The van der Waals surface area contributed by atoms with Crippen LogP contribution in [0.3, 0.4) is 0 Å². The van der Waals surface area contributed by atoms with Crippen LogP contribution in [-0.2, 0) is 11.3 Å². The average Bonchev–Trinajstić information content (AvgIpc) is 2.76. The molecule has 2 aliphatic rings. The van der Waals surface area contributed by atoms with E-state index in [1.54, 1.807) is 5.56 Å². The summed E-state index contributed by atoms with van der Waals surface area (Å²) in [4.78, 5) is 0. The van der Waals surface area contributed by atoms with Crippen LogP contribution in [0.25, 0.3) is 0 Å². The second-order valence-electron chi connectivity index (χ2n) is 9.08. The molecule has 2 saturated carbocycles. The summed E-state index contributed by atoms with van der Waals surface area (Å²) < 4.78 is 5.66. The van der Waals surface area contributed by atoms with Gasteiger partial charge in [0.2, 0.25) is 0 Å². The zero-order chi connectivity index (χ0) is 19.6. The Morgan fingerprint density at radius 1 is 0.929 bits per heavy atom. The lowest BCUT2D eigenvalue weighted by Gasteiger charge is -2.38. The summed E-state index contributed by atoms with van der Waals surface area (Å²) in [5, 5.41) is 0. The second-order valence-corrected chi connectivity index (χ2v) is 9.08. The summed E-state index contributed by atoms with van der Waals surface area (Å²) >= 11 is 0. The molecule has 28 heavy (non-hydrogen) atoms. The molecule has 0 atom stereocenters. The minimum absolute atomic E-state index is 0.707. The van der Waals surface area contributed by atoms with Crippen molar-refractivity contribution >= 4 is 0 Å². The van der Waals surface area contributed by atoms with Crippen LogP contribution in [0.1, 0.15) is 88.2 Å². The van der Waals surface area contributed by atoms with Crippen molar-refractivity contribution in [2.45, 2.75) is 83.7 Å². The van der Waals surface area contributed by atoms with Gasteiger partial charge in [0.1, 0.15) is 0 Å². The van der Waals surface area contributed by atoms with Gasteiger partial charge in [-0.2, -0.15) is 0 Å². The van der Waals surface area contributed by atoms with Gasteiger partial charge in [-0.15, -0.1) is 6.58 Å². The van der Waals surface area contributed by atoms with Crippen molar-refractivity contribution in [3.8, 4) is 0 Å². The lowest BCUT2D eigenvalue weighted by atomic mass is 9.68. The molecule has 2 aliphatic carbocycles. The fraction of sp³-hybridized carbons (Fsp3) is 0.630. The van der Waals surface area contributed by atoms with Crippen LogP contribution in [0.4, 0.5) is 0 Å². The van der Waals surface area contributed by atoms with Crippen LogP contribution in [-0.4, -0.2) is 6.61 Å². The summed E-state index contributed by atoms with van der Waals surface area (Å²) in [5.74, 6) is 3.76. The van der Waals surface area contributed by atoms with Crippen molar-refractivity contribution in [1.82, 2.24) is 0 Å². The zero-order valence-corrected chi connectivity index (χ0v) is 18.0. The van der Waals surface area contributed by atoms with Crippen molar-refractivity contribution < 1.29 is 4.74 Å². The van der Waals surface area contributed by atoms with E-state index in [1.165, 1.54) is 69.8 Å². The normalized spacial score (nSPS) is 28.5. The van der Waals surface area contributed by atoms with E-state index < -0.39 is 0 Å². The largest absolute Gasteiger partial charge is 0.373 e. The Balaban J connectivity index is 1.40. The second kappa shape index (κ2) is 11.6. The van der Waals surface area contributed by atoms with Gasteiger partial charge in [-0.05, 0) is 93.1 Å². The van der Waals surface area contributed by atoms with Crippen LogP contribution >= 0.6 is 0 Å². The lowest BCUT2D eigenvalue weighted by Crippen LogP contribution is -2.25. The first-order chi connectivity index (χ1) is 13.8. The number of rotatable bonds is 9. The first-order valence-electron chi connectivity index (χ1n) is 11.7. The molecule has 0 bridgehead atoms. The number of hydrogen-bond donors (Lipinski definition) is 0. The van der Waals surface area contributed by atoms with Gasteiger partial charge in [0.05, 0.1) is 13.2 Å². The molecule has 0 spiro atoms. The smallest absolute Gasteiger partial charge is 0.0721 e. The molecule has 0 N–H and O–H groups in total. The first kappa shape index (κ1) is 21.4. The molecule has 0 unspecified atom stereocenters. The van der Waals surface area contributed by atoms with Gasteiger partial charge < -0.3 is 4.74 Å². The maximum Gasteiger partial charge on any atom is 0.0721 e. The number of allylic oxidation sites excluding steroid dienone is 2. The van der Waals surface area contributed by atoms with E-state index in [9.17, 15) is 0 Å². The van der Waals surface area contributed by atoms with Gasteiger partial charge in [0, 0.05) is 0 Å². The fourth-order valence-corrected chi connectivity index (χ4v) is 5.45. The van der Waals surface area contributed by atoms with Gasteiger partial charge in [0.25, 0.3) is 0 Å². The summed E-state index contributed by atoms with van der Waals surface area (Å²) in [6.45, 7) is 7.33. The van der Waals surface area contributed by atoms with Crippen LogP contribution < -0.4 is 0 Å². The van der Waals surface area contributed by atoms with Crippen molar-refractivity contribution in [2.24, 2.45) is 17.8 Å². The number of ether oxygens (including phenoxy) is 1. The Labute approximate surface area is 173 Å². The molecule has 0 aromatic heterocycles. The molecule has 0 radical (unpaired) electrons. The Kier molecular flexibility index (Phi) is 8.86. The highest BCUT2D eigenvalue weighted by Gasteiger charge is 2.31. The van der Waals surface area contributed by atoms with E-state index in [2.05, 4.69) is 43.0 Å². The van der Waals surface area contributed by atoms with Gasteiger partial charge in [-0.1, -0.05) is 55.3 Å². The van der Waals surface area contributed by atoms with E-state index in [4.69, 9.17) is 4.74 Å². The quantitative estimate of drug-likeness (QED) is 0.313. The number of hydrogen-bond acceptors (Lipinski definition) is 1. The molecule has 0 saturated heterocycles. The highest BCUT2D eigenvalue weighted by molar-refractivity contribution is 5.25. The van der Waals surface area contributed by atoms with Crippen molar-refractivity contribution in [2.75, 3.05) is 6.61 Å². The Hall–Kier alpha value is -1.34. The molecular formula is C27H40O. The van der Waals surface area contributed by atoms with E-state index in [0.29, 0.717) is 13.2 Å². The molecule has 0 amide bonds. The van der Waals surface area contributed by atoms with E-state index >= 15 is 0 Å². The molecule has 1 aromatic carbocycles. The van der Waals surface area contributed by atoms with Crippen LogP contribution in [0.15, 0.2) is 49.1 Å². The van der Waals surface area contributed by atoms with E-state index in [1.807, 2.05) is 13.0 Å². The molecule has 1 aromatic rings. The fourth-order valence-electron chi connectivity index (χ4n) is 5.45. The molecule has 0 heterocycles. The van der Waals surface area contributed by atoms with Crippen LogP contribution in [0.5, 0.6) is 0 Å². The Morgan fingerprint density at radius 2 is 1.57 bits per heavy atom. The molecule has 1 heteroatoms. The highest BCUT2D eigenvalue weighted by atomic mass is 16.5. The molecule has 154 valence electrons. The van der Waals surface area contributed by atoms with Gasteiger partial charge in [-0.25, -0.2) is 0 Å². The Bertz CT molecular complexity index is 583. The third-order valence-corrected chi connectivity index (χ3v) is 7.28. The Morgan fingerprint density at radius 3 is 2.18 bits per heavy atom. The zero-order valence-electron chi connectivity index (χ0n) is 18.0. The topological polar surface area (TPSA) is 9.23 Å². The maximum atomic E-state index is 5.66. The van der Waals surface area contributed by atoms with Crippen LogP contribution in [0.2, 0.25) is 0 Å². The monoisotopic (exact) mass is 380 g/mol. The van der Waals surface area contributed by atoms with Crippen molar-refractivity contribution in [1.29, 1.82) is 0 Å². The molecular weight excluding hydrogens is 340 g/mol. The average molecular weight is 381 g/mol. The predicted octanol–water partition coefficient (Wildman–Crippen LogP) is 7.83. The highest BCUT2D eigenvalue weighted by Crippen LogP contribution is 2.44. The minimum atomic E-state index is 0.707. The SMILES string of the molecule is C=CCC[C@H]1CC[C@H](C2CCC(c3ccc(COC/C=C/C)cc3)CC2)CC1. The third kappa shape index (κ3) is 6.34. The molecule has 1 nitrogen and oxygen atoms in total. The summed E-state index contributed by atoms with van der Waals surface area (Å²) in [7, 11) is 0. The predicted molar refractivity (Wildman–Crippen MR) is 120 cm³/mol. The van der Waals surface area contributed by atoms with Gasteiger partial charge in [-0.3, -0.25) is 0 Å². The van der Waals surface area contributed by atoms with E-state index in [0.717, 1.165) is 23.7 Å². The van der Waals surface area contributed by atoms with Crippen LogP contribution in [0, 0.1) is 17.8 Å². The standard InChI is InChI=1S/C27H40O/c1-3-5-7-22-8-12-24(13-9-22)26-16-18-27(19-17-26)25-14-10-23(11-15-25)21-28-20-6-4-2/h3-4,6,10-11,14-15,22,24,26-27H,1,5,7-9,12-13,16-21H2,2H3/b6-4+/t22-,24-,26?,27?. The molecule has 3 rings (SSSR count). The summed E-state index contributed by atoms with van der Waals surface area (Å²) in [6.07, 6.45) is 20.3. The van der Waals surface area contributed by atoms with Crippen molar-refractivity contribution in [3.05, 3.63) is 60.2 Å². The maximum absolute atomic E-state index is 5.66. The minimum Gasteiger partial charge on any atom is -0.373 e. The van der Waals surface area contributed by atoms with Crippen molar-refractivity contribution in [3.63, 3.8) is 0 Å². The van der Waals surface area contributed by atoms with E-state index in [-0.39, 0.29) is 0 Å². The summed E-state index contributed by atoms with van der Waals surface area (Å²) in [5.41, 5.74) is 2.83. The number of benzene rings is 1. The summed E-state index contributed by atoms with van der Waals surface area (Å²) in [6, 6.07) is 9.23.